The molecule has 3 aliphatic rings. The molecule has 15 atom stereocenters. The van der Waals surface area contributed by atoms with Crippen LogP contribution >= 0.6 is 0 Å². The Morgan fingerprint density at radius 2 is 1.43 bits per heavy atom. The molecule has 16 heteroatoms. The van der Waals surface area contributed by atoms with E-state index in [-0.39, 0.29) is 25.3 Å². The lowest BCUT2D eigenvalue weighted by Crippen LogP contribution is -2.68. The molecule has 3 rings (SSSR count). The van der Waals surface area contributed by atoms with Crippen LogP contribution in [0.15, 0.2) is 0 Å². The van der Waals surface area contributed by atoms with E-state index in [1.165, 1.54) is 0 Å². The Bertz CT molecular complexity index is 864. The van der Waals surface area contributed by atoms with Gasteiger partial charge in [-0.1, -0.05) is 0 Å². The van der Waals surface area contributed by atoms with Crippen LogP contribution in [-0.4, -0.2) is 147 Å². The van der Waals surface area contributed by atoms with Gasteiger partial charge in [0.2, 0.25) is 5.91 Å². The number of carbonyl (C=O) groups is 1. The summed E-state index contributed by atoms with van der Waals surface area (Å²) in [5, 5.41) is 74.9. The van der Waals surface area contributed by atoms with Crippen molar-refractivity contribution in [2.75, 3.05) is 13.2 Å². The SMILES string of the molecule is C#CCCCC(=O)NCC1O[C@H](O[C@@H]2C(N)C[C@@H](N)C(O[C@@H]3OC(CO)[C@H](O)C(N)C3O)C2O)[C@@H](O)C(O)[C@@H]1O. The molecule has 1 amide bonds. The van der Waals surface area contributed by atoms with Gasteiger partial charge in [0.1, 0.15) is 61.0 Å². The third kappa shape index (κ3) is 7.45. The van der Waals surface area contributed by atoms with E-state index in [2.05, 4.69) is 11.2 Å². The molecule has 1 aliphatic carbocycles. The van der Waals surface area contributed by atoms with Gasteiger partial charge in [0, 0.05) is 31.5 Å². The quantitative estimate of drug-likeness (QED) is 0.0849. The summed E-state index contributed by atoms with van der Waals surface area (Å²) in [5.74, 6) is 2.07. The van der Waals surface area contributed by atoms with E-state index < -0.39 is 98.4 Å². The summed E-state index contributed by atoms with van der Waals surface area (Å²) < 4.78 is 22.6. The molecule has 0 spiro atoms. The average Bonchev–Trinajstić information content (AvgIpc) is 2.92. The molecule has 8 unspecified atom stereocenters. The Balaban J connectivity index is 1.67. The van der Waals surface area contributed by atoms with Crippen LogP contribution in [0.25, 0.3) is 0 Å². The number of amides is 1. The molecule has 0 aromatic rings. The minimum Gasteiger partial charge on any atom is -0.394 e. The van der Waals surface area contributed by atoms with Crippen molar-refractivity contribution in [1.82, 2.24) is 5.32 Å². The molecule has 0 bridgehead atoms. The molecule has 2 heterocycles. The van der Waals surface area contributed by atoms with Gasteiger partial charge in [-0.2, -0.15) is 0 Å². The summed E-state index contributed by atoms with van der Waals surface area (Å²) >= 11 is 0. The van der Waals surface area contributed by atoms with Gasteiger partial charge in [0.15, 0.2) is 12.6 Å². The third-order valence-electron chi connectivity index (χ3n) is 7.48. The number of aliphatic hydroxyl groups excluding tert-OH is 7. The van der Waals surface area contributed by atoms with Crippen molar-refractivity contribution in [2.45, 2.75) is 117 Å². The summed E-state index contributed by atoms with van der Waals surface area (Å²) in [6.07, 6.45) is -11.2. The molecule has 0 radical (unpaired) electrons. The molecule has 2 aliphatic heterocycles. The van der Waals surface area contributed by atoms with E-state index in [0.717, 1.165) is 0 Å². The Kier molecular flexibility index (Phi) is 12.0. The first kappa shape index (κ1) is 33.0. The molecular formula is C24H42N4O12. The molecule has 230 valence electrons. The van der Waals surface area contributed by atoms with E-state index >= 15 is 0 Å². The van der Waals surface area contributed by atoms with E-state index in [9.17, 15) is 40.5 Å². The second-order valence-corrected chi connectivity index (χ2v) is 10.4. The average molecular weight is 579 g/mol. The number of ether oxygens (including phenoxy) is 4. The van der Waals surface area contributed by atoms with Crippen LogP contribution < -0.4 is 22.5 Å². The van der Waals surface area contributed by atoms with Gasteiger partial charge in [-0.15, -0.1) is 12.3 Å². The maximum Gasteiger partial charge on any atom is 0.220 e. The van der Waals surface area contributed by atoms with E-state index in [1.807, 2.05) is 0 Å². The molecule has 14 N–H and O–H groups in total. The molecule has 3 fully saturated rings. The Morgan fingerprint density at radius 1 is 0.850 bits per heavy atom. The maximum absolute atomic E-state index is 12.0. The number of hydrogen-bond donors (Lipinski definition) is 11. The first-order chi connectivity index (χ1) is 18.9. The van der Waals surface area contributed by atoms with Crippen LogP contribution in [0.4, 0.5) is 0 Å². The van der Waals surface area contributed by atoms with Crippen LogP contribution in [0, 0.1) is 12.3 Å². The van der Waals surface area contributed by atoms with Gasteiger partial charge >= 0.3 is 0 Å². The fraction of sp³-hybridized carbons (Fsp3) is 0.875. The number of carbonyl (C=O) groups excluding carboxylic acids is 1. The van der Waals surface area contributed by atoms with Gasteiger partial charge in [0.25, 0.3) is 0 Å². The highest BCUT2D eigenvalue weighted by atomic mass is 16.7. The van der Waals surface area contributed by atoms with Crippen molar-refractivity contribution >= 4 is 5.91 Å². The van der Waals surface area contributed by atoms with Gasteiger partial charge in [0.05, 0.1) is 12.6 Å². The monoisotopic (exact) mass is 578 g/mol. The molecule has 0 aromatic carbocycles. The summed E-state index contributed by atoms with van der Waals surface area (Å²) in [7, 11) is 0. The van der Waals surface area contributed by atoms with Crippen LogP contribution in [-0.2, 0) is 23.7 Å². The number of nitrogens with two attached hydrogens (primary N) is 3. The van der Waals surface area contributed by atoms with Gasteiger partial charge in [-0.3, -0.25) is 4.79 Å². The zero-order chi connectivity index (χ0) is 29.7. The van der Waals surface area contributed by atoms with Gasteiger partial charge < -0.3 is 77.2 Å². The van der Waals surface area contributed by atoms with Gasteiger partial charge in [-0.25, -0.2) is 0 Å². The second-order valence-electron chi connectivity index (χ2n) is 10.4. The molecule has 0 aromatic heterocycles. The van der Waals surface area contributed by atoms with Crippen molar-refractivity contribution in [1.29, 1.82) is 0 Å². The van der Waals surface area contributed by atoms with E-state index in [0.29, 0.717) is 12.8 Å². The number of unbranched alkanes of at least 4 members (excludes halogenated alkanes) is 1. The Morgan fingerprint density at radius 3 is 2.00 bits per heavy atom. The summed E-state index contributed by atoms with van der Waals surface area (Å²) in [4.78, 5) is 12.0. The predicted octanol–water partition coefficient (Wildman–Crippen LogP) is -6.33. The minimum absolute atomic E-state index is 0.0401. The van der Waals surface area contributed by atoms with Crippen LogP contribution in [0.1, 0.15) is 25.7 Å². The zero-order valence-electron chi connectivity index (χ0n) is 21.9. The van der Waals surface area contributed by atoms with E-state index in [4.69, 9.17) is 42.6 Å². The summed E-state index contributed by atoms with van der Waals surface area (Å²) in [6.45, 7) is -0.834. The minimum atomic E-state index is -1.75. The van der Waals surface area contributed by atoms with Crippen molar-refractivity contribution < 1.29 is 59.5 Å². The summed E-state index contributed by atoms with van der Waals surface area (Å²) in [5.41, 5.74) is 18.1. The molecule has 1 saturated carbocycles. The van der Waals surface area contributed by atoms with Crippen molar-refractivity contribution in [3.05, 3.63) is 0 Å². The molecule has 16 nitrogen and oxygen atoms in total. The third-order valence-corrected chi connectivity index (χ3v) is 7.48. The van der Waals surface area contributed by atoms with Crippen LogP contribution in [0.2, 0.25) is 0 Å². The standard InChI is InChI=1S/C24H42N4O12/c1-2-3-4-5-13(30)28-7-11-16(32)18(34)19(35)24(37-11)40-22-10(26)6-9(25)21(20(22)36)39-23-17(33)14(27)15(31)12(8-29)38-23/h1,9-12,14-24,29,31-36H,3-8,25-27H2,(H,28,30)/t9-,10?,11?,12?,14?,15+,16-,17?,18?,19+,20?,21?,22-,23+,24-/m1/s1. The highest BCUT2D eigenvalue weighted by molar-refractivity contribution is 5.75. The van der Waals surface area contributed by atoms with Crippen LogP contribution in [0.5, 0.6) is 0 Å². The zero-order valence-corrected chi connectivity index (χ0v) is 21.9. The smallest absolute Gasteiger partial charge is 0.220 e. The summed E-state index contributed by atoms with van der Waals surface area (Å²) in [6, 6.07) is -3.00. The molecular weight excluding hydrogens is 536 g/mol. The fourth-order valence-corrected chi connectivity index (χ4v) is 5.03. The Hall–Kier alpha value is -1.53. The lowest BCUT2D eigenvalue weighted by Gasteiger charge is -2.48. The van der Waals surface area contributed by atoms with Crippen LogP contribution in [0.3, 0.4) is 0 Å². The highest BCUT2D eigenvalue weighted by Crippen LogP contribution is 2.31. The van der Waals surface area contributed by atoms with Crippen molar-refractivity contribution in [3.63, 3.8) is 0 Å². The maximum atomic E-state index is 12.0. The number of nitrogens with one attached hydrogen (secondary N) is 1. The fourth-order valence-electron chi connectivity index (χ4n) is 5.03. The predicted molar refractivity (Wildman–Crippen MR) is 134 cm³/mol. The topological polar surface area (TPSA) is 286 Å². The van der Waals surface area contributed by atoms with Crippen molar-refractivity contribution in [2.24, 2.45) is 17.2 Å². The van der Waals surface area contributed by atoms with Crippen molar-refractivity contribution in [3.8, 4) is 12.3 Å². The lowest BCUT2D eigenvalue weighted by atomic mass is 9.84. The second kappa shape index (κ2) is 14.6. The number of hydrogen-bond acceptors (Lipinski definition) is 15. The first-order valence-electron chi connectivity index (χ1n) is 13.2. The highest BCUT2D eigenvalue weighted by Gasteiger charge is 2.51. The first-order valence-corrected chi connectivity index (χ1v) is 13.2. The Labute approximate surface area is 231 Å². The molecule has 2 saturated heterocycles. The number of rotatable bonds is 10. The lowest BCUT2D eigenvalue weighted by molar-refractivity contribution is -0.332. The van der Waals surface area contributed by atoms with Gasteiger partial charge in [-0.05, 0) is 12.8 Å². The normalized spacial score (nSPS) is 46.0. The van der Waals surface area contributed by atoms with E-state index in [1.54, 1.807) is 0 Å². The number of aliphatic hydroxyl groups is 7. The molecule has 40 heavy (non-hydrogen) atoms. The number of terminal acetylenes is 1. The largest absolute Gasteiger partial charge is 0.394 e.